The van der Waals surface area contributed by atoms with Crippen molar-refractivity contribution in [2.24, 2.45) is 5.10 Å². The number of rotatable bonds is 5. The van der Waals surface area contributed by atoms with Gasteiger partial charge in [0.25, 0.3) is 5.56 Å². The van der Waals surface area contributed by atoms with Crippen LogP contribution in [0.5, 0.6) is 0 Å². The third-order valence-corrected chi connectivity index (χ3v) is 5.24. The first-order chi connectivity index (χ1) is 14.7. The summed E-state index contributed by atoms with van der Waals surface area (Å²) < 4.78 is 0. The zero-order chi connectivity index (χ0) is 20.9. The number of nitrogens with zero attached hydrogens (tertiary/aromatic N) is 4. The summed E-state index contributed by atoms with van der Waals surface area (Å²) in [5.74, 6) is 0.138. The minimum atomic E-state index is -0.531. The molecule has 3 aromatic rings. The number of hydrogen-bond donors (Lipinski definition) is 2. The van der Waals surface area contributed by atoms with Gasteiger partial charge >= 0.3 is 0 Å². The molecule has 0 aliphatic carbocycles. The number of anilines is 2. The van der Waals surface area contributed by atoms with E-state index >= 15 is 0 Å². The van der Waals surface area contributed by atoms with E-state index in [2.05, 4.69) is 25.4 Å². The summed E-state index contributed by atoms with van der Waals surface area (Å²) in [6, 6.07) is 16.8. The largest absolute Gasteiger partial charge is 0.371 e. The predicted octanol–water partition coefficient (Wildman–Crippen LogP) is 4.01. The zero-order valence-electron chi connectivity index (χ0n) is 16.1. The maximum Gasteiger partial charge on any atom is 0.270 e. The highest BCUT2D eigenvalue weighted by Gasteiger charge is 2.14. The molecular formula is C22H19ClN6O. The quantitative estimate of drug-likeness (QED) is 0.482. The van der Waals surface area contributed by atoms with Gasteiger partial charge < -0.3 is 4.90 Å². The Balaban J connectivity index is 1.55. The van der Waals surface area contributed by atoms with E-state index in [-0.39, 0.29) is 11.5 Å². The molecule has 2 aromatic carbocycles. The molecular weight excluding hydrogens is 400 g/mol. The molecule has 8 heteroatoms. The lowest BCUT2D eigenvalue weighted by Gasteiger charge is -2.18. The van der Waals surface area contributed by atoms with E-state index in [9.17, 15) is 10.1 Å². The summed E-state index contributed by atoms with van der Waals surface area (Å²) in [7, 11) is 0. The van der Waals surface area contributed by atoms with Gasteiger partial charge in [0, 0.05) is 29.9 Å². The van der Waals surface area contributed by atoms with Crippen LogP contribution in [0.2, 0.25) is 5.02 Å². The number of benzene rings is 2. The SMILES string of the molecule is N#Cc1c(-c2ccccc2)nc(NN=Cc2ccc(N3CCCC3)cc2Cl)[nH]c1=O. The average molecular weight is 419 g/mol. The number of aromatic amines is 1. The highest BCUT2D eigenvalue weighted by Crippen LogP contribution is 2.25. The van der Waals surface area contributed by atoms with E-state index in [1.165, 1.54) is 12.8 Å². The second-order valence-corrected chi connectivity index (χ2v) is 7.29. The highest BCUT2D eigenvalue weighted by molar-refractivity contribution is 6.33. The van der Waals surface area contributed by atoms with Gasteiger partial charge in [-0.25, -0.2) is 10.4 Å². The maximum atomic E-state index is 12.3. The van der Waals surface area contributed by atoms with Gasteiger partial charge in [-0.2, -0.15) is 10.4 Å². The number of aromatic nitrogens is 2. The van der Waals surface area contributed by atoms with Crippen LogP contribution >= 0.6 is 11.6 Å². The van der Waals surface area contributed by atoms with Crippen LogP contribution in [0.25, 0.3) is 11.3 Å². The topological polar surface area (TPSA) is 97.2 Å². The molecule has 1 aliphatic heterocycles. The first kappa shape index (κ1) is 19.7. The zero-order valence-corrected chi connectivity index (χ0v) is 16.9. The van der Waals surface area contributed by atoms with Crippen LogP contribution in [0.1, 0.15) is 24.0 Å². The van der Waals surface area contributed by atoms with Crippen LogP contribution in [0.15, 0.2) is 58.4 Å². The number of nitriles is 1. The van der Waals surface area contributed by atoms with E-state index in [1.807, 2.05) is 42.5 Å². The summed E-state index contributed by atoms with van der Waals surface area (Å²) in [6.45, 7) is 2.10. The minimum Gasteiger partial charge on any atom is -0.371 e. The van der Waals surface area contributed by atoms with E-state index in [0.29, 0.717) is 16.3 Å². The van der Waals surface area contributed by atoms with Gasteiger partial charge in [0.1, 0.15) is 11.6 Å². The van der Waals surface area contributed by atoms with Crippen molar-refractivity contribution >= 4 is 29.5 Å². The fourth-order valence-electron chi connectivity index (χ4n) is 3.39. The molecule has 2 heterocycles. The number of nitrogens with one attached hydrogen (secondary N) is 2. The van der Waals surface area contributed by atoms with Gasteiger partial charge in [-0.15, -0.1) is 0 Å². The first-order valence-corrected chi connectivity index (χ1v) is 9.97. The average Bonchev–Trinajstić information content (AvgIpc) is 3.30. The Morgan fingerprint density at radius 1 is 1.20 bits per heavy atom. The lowest BCUT2D eigenvalue weighted by molar-refractivity contribution is 0.949. The molecule has 1 saturated heterocycles. The Morgan fingerprint density at radius 2 is 1.97 bits per heavy atom. The monoisotopic (exact) mass is 418 g/mol. The molecule has 0 amide bonds. The van der Waals surface area contributed by atoms with Gasteiger partial charge in [-0.05, 0) is 31.0 Å². The molecule has 1 fully saturated rings. The van der Waals surface area contributed by atoms with Crippen molar-refractivity contribution in [3.05, 3.63) is 75.0 Å². The summed E-state index contributed by atoms with van der Waals surface area (Å²) in [5, 5.41) is 14.1. The number of H-pyrrole nitrogens is 1. The second-order valence-electron chi connectivity index (χ2n) is 6.89. The molecule has 0 atom stereocenters. The molecule has 7 nitrogen and oxygen atoms in total. The van der Waals surface area contributed by atoms with Crippen molar-refractivity contribution in [2.45, 2.75) is 12.8 Å². The van der Waals surface area contributed by atoms with Crippen LogP contribution in [0.4, 0.5) is 11.6 Å². The molecule has 4 rings (SSSR count). The number of hydrazone groups is 1. The molecule has 1 aliphatic rings. The molecule has 0 unspecified atom stereocenters. The van der Waals surface area contributed by atoms with Crippen molar-refractivity contribution in [2.75, 3.05) is 23.4 Å². The highest BCUT2D eigenvalue weighted by atomic mass is 35.5. The van der Waals surface area contributed by atoms with E-state index in [4.69, 9.17) is 11.6 Å². The fourth-order valence-corrected chi connectivity index (χ4v) is 3.61. The minimum absolute atomic E-state index is 0.0451. The Hall–Kier alpha value is -3.63. The van der Waals surface area contributed by atoms with Crippen molar-refractivity contribution < 1.29 is 0 Å². The second kappa shape index (κ2) is 8.80. The van der Waals surface area contributed by atoms with Crippen LogP contribution in [-0.4, -0.2) is 29.3 Å². The van der Waals surface area contributed by atoms with Gasteiger partial charge in [0.2, 0.25) is 5.95 Å². The van der Waals surface area contributed by atoms with Crippen molar-refractivity contribution in [3.63, 3.8) is 0 Å². The van der Waals surface area contributed by atoms with E-state index in [0.717, 1.165) is 24.3 Å². The third-order valence-electron chi connectivity index (χ3n) is 4.91. The van der Waals surface area contributed by atoms with Gasteiger partial charge in [-0.1, -0.05) is 41.9 Å². The predicted molar refractivity (Wildman–Crippen MR) is 119 cm³/mol. The lowest BCUT2D eigenvalue weighted by atomic mass is 10.1. The van der Waals surface area contributed by atoms with Crippen molar-refractivity contribution in [1.29, 1.82) is 5.26 Å². The molecule has 0 radical (unpaired) electrons. The van der Waals surface area contributed by atoms with E-state index in [1.54, 1.807) is 18.3 Å². The van der Waals surface area contributed by atoms with Crippen LogP contribution < -0.4 is 15.9 Å². The van der Waals surface area contributed by atoms with Gasteiger partial charge in [0.15, 0.2) is 0 Å². The van der Waals surface area contributed by atoms with E-state index < -0.39 is 5.56 Å². The van der Waals surface area contributed by atoms with Crippen LogP contribution in [-0.2, 0) is 0 Å². The summed E-state index contributed by atoms with van der Waals surface area (Å²) in [6.07, 6.45) is 3.97. The fraction of sp³-hybridized carbons (Fsp3) is 0.182. The van der Waals surface area contributed by atoms with Crippen molar-refractivity contribution in [1.82, 2.24) is 9.97 Å². The molecule has 1 aromatic heterocycles. The van der Waals surface area contributed by atoms with Crippen LogP contribution in [0.3, 0.4) is 0 Å². The van der Waals surface area contributed by atoms with Gasteiger partial charge in [-0.3, -0.25) is 9.78 Å². The normalized spacial score (nSPS) is 13.5. The molecule has 0 spiro atoms. The molecule has 150 valence electrons. The molecule has 0 saturated carbocycles. The Labute approximate surface area is 178 Å². The Kier molecular flexibility index (Phi) is 5.77. The molecule has 30 heavy (non-hydrogen) atoms. The standard InChI is InChI=1S/C22H19ClN6O/c23-19-12-17(29-10-4-5-11-29)9-8-16(19)14-25-28-22-26-20(15-6-2-1-3-7-15)18(13-24)21(30)27-22/h1-3,6-9,12,14H,4-5,10-11H2,(H2,26,27,28,30). The molecule has 0 bridgehead atoms. The maximum absolute atomic E-state index is 12.3. The Morgan fingerprint density at radius 3 is 2.67 bits per heavy atom. The summed E-state index contributed by atoms with van der Waals surface area (Å²) >= 11 is 6.40. The van der Waals surface area contributed by atoms with Gasteiger partial charge in [0.05, 0.1) is 16.9 Å². The number of hydrogen-bond acceptors (Lipinski definition) is 6. The first-order valence-electron chi connectivity index (χ1n) is 9.59. The van der Waals surface area contributed by atoms with Crippen LogP contribution in [0, 0.1) is 11.3 Å². The third kappa shape index (κ3) is 4.19. The summed E-state index contributed by atoms with van der Waals surface area (Å²) in [5.41, 5.74) is 4.96. The molecule has 2 N–H and O–H groups in total. The smallest absolute Gasteiger partial charge is 0.270 e. The number of halogens is 1. The lowest BCUT2D eigenvalue weighted by Crippen LogP contribution is -2.17. The Bertz CT molecular complexity index is 1180. The summed E-state index contributed by atoms with van der Waals surface area (Å²) in [4.78, 5) is 21.5. The van der Waals surface area contributed by atoms with Crippen molar-refractivity contribution in [3.8, 4) is 17.3 Å².